The Labute approximate surface area is 187 Å². The molecule has 0 aliphatic rings. The standard InChI is InChI=1S/C23H29N5O2S/c1-4-27(5-2)19-14-12-18(13-15-19)24-22(29)17-31-23-26-25-21(28(23)6-3)16-30-20-10-8-7-9-11-20/h7-15H,4-6,16-17H2,1-3H3,(H,24,29). The van der Waals surface area contributed by atoms with E-state index in [0.717, 1.165) is 36.0 Å². The second-order valence-electron chi connectivity index (χ2n) is 6.80. The summed E-state index contributed by atoms with van der Waals surface area (Å²) in [5.74, 6) is 1.71. The first-order valence-corrected chi connectivity index (χ1v) is 11.5. The lowest BCUT2D eigenvalue weighted by Gasteiger charge is -2.21. The van der Waals surface area contributed by atoms with Crippen LogP contribution in [-0.4, -0.2) is 39.5 Å². The molecule has 7 nitrogen and oxygen atoms in total. The van der Waals surface area contributed by atoms with E-state index in [1.807, 2.05) is 66.1 Å². The van der Waals surface area contributed by atoms with Gasteiger partial charge in [-0.05, 0) is 57.2 Å². The molecular weight excluding hydrogens is 410 g/mol. The first-order chi connectivity index (χ1) is 15.1. The number of anilines is 2. The number of carbonyl (C=O) groups excluding carboxylic acids is 1. The Balaban J connectivity index is 1.53. The molecule has 0 saturated carbocycles. The summed E-state index contributed by atoms with van der Waals surface area (Å²) in [4.78, 5) is 14.7. The van der Waals surface area contributed by atoms with Crippen molar-refractivity contribution in [3.63, 3.8) is 0 Å². The molecule has 1 N–H and O–H groups in total. The summed E-state index contributed by atoms with van der Waals surface area (Å²) in [5, 5.41) is 12.1. The lowest BCUT2D eigenvalue weighted by atomic mass is 10.2. The molecule has 0 unspecified atom stereocenters. The van der Waals surface area contributed by atoms with Crippen LogP contribution in [-0.2, 0) is 17.9 Å². The third-order valence-corrected chi connectivity index (χ3v) is 5.80. The molecular formula is C23H29N5O2S. The van der Waals surface area contributed by atoms with Crippen LogP contribution in [0, 0.1) is 0 Å². The van der Waals surface area contributed by atoms with Crippen molar-refractivity contribution < 1.29 is 9.53 Å². The normalized spacial score (nSPS) is 10.7. The van der Waals surface area contributed by atoms with Gasteiger partial charge >= 0.3 is 0 Å². The van der Waals surface area contributed by atoms with Crippen LogP contribution >= 0.6 is 11.8 Å². The molecule has 31 heavy (non-hydrogen) atoms. The second kappa shape index (κ2) is 11.4. The van der Waals surface area contributed by atoms with Gasteiger partial charge < -0.3 is 19.5 Å². The zero-order chi connectivity index (χ0) is 22.1. The van der Waals surface area contributed by atoms with Gasteiger partial charge in [0, 0.05) is 31.0 Å². The van der Waals surface area contributed by atoms with Crippen molar-refractivity contribution in [3.8, 4) is 5.75 Å². The summed E-state index contributed by atoms with van der Waals surface area (Å²) < 4.78 is 7.75. The fourth-order valence-electron chi connectivity index (χ4n) is 3.19. The highest BCUT2D eigenvalue weighted by molar-refractivity contribution is 7.99. The van der Waals surface area contributed by atoms with Crippen LogP contribution in [0.3, 0.4) is 0 Å². The van der Waals surface area contributed by atoms with Crippen LogP contribution in [0.2, 0.25) is 0 Å². The number of aromatic nitrogens is 3. The Morgan fingerprint density at radius 2 is 1.74 bits per heavy atom. The van der Waals surface area contributed by atoms with Crippen molar-refractivity contribution in [2.75, 3.05) is 29.1 Å². The second-order valence-corrected chi connectivity index (χ2v) is 7.74. The van der Waals surface area contributed by atoms with Crippen LogP contribution in [0.5, 0.6) is 5.75 Å². The number of hydrogen-bond acceptors (Lipinski definition) is 6. The van der Waals surface area contributed by atoms with Crippen LogP contribution in [0.15, 0.2) is 59.8 Å². The molecule has 0 bridgehead atoms. The fourth-order valence-corrected chi connectivity index (χ4v) is 4.01. The summed E-state index contributed by atoms with van der Waals surface area (Å²) in [6, 6.07) is 17.5. The largest absolute Gasteiger partial charge is 0.486 e. The molecule has 0 fully saturated rings. The Bertz CT molecular complexity index is 956. The van der Waals surface area contributed by atoms with E-state index in [-0.39, 0.29) is 11.7 Å². The minimum absolute atomic E-state index is 0.0756. The summed E-state index contributed by atoms with van der Waals surface area (Å²) >= 11 is 1.37. The Hall–Kier alpha value is -3.00. The Morgan fingerprint density at radius 3 is 2.39 bits per heavy atom. The van der Waals surface area contributed by atoms with Crippen molar-refractivity contribution in [3.05, 3.63) is 60.4 Å². The van der Waals surface area contributed by atoms with Crippen molar-refractivity contribution in [1.29, 1.82) is 0 Å². The highest BCUT2D eigenvalue weighted by atomic mass is 32.2. The average Bonchev–Trinajstić information content (AvgIpc) is 3.20. The van der Waals surface area contributed by atoms with Crippen LogP contribution in [0.4, 0.5) is 11.4 Å². The number of nitrogens with zero attached hydrogens (tertiary/aromatic N) is 4. The van der Waals surface area contributed by atoms with Gasteiger partial charge in [-0.15, -0.1) is 10.2 Å². The maximum absolute atomic E-state index is 12.4. The average molecular weight is 440 g/mol. The molecule has 0 spiro atoms. The van der Waals surface area contributed by atoms with Crippen molar-refractivity contribution >= 4 is 29.0 Å². The van der Waals surface area contributed by atoms with E-state index >= 15 is 0 Å². The molecule has 0 aliphatic carbocycles. The van der Waals surface area contributed by atoms with Gasteiger partial charge in [0.05, 0.1) is 5.75 Å². The predicted octanol–water partition coefficient (Wildman–Crippen LogP) is 4.45. The van der Waals surface area contributed by atoms with E-state index in [1.54, 1.807) is 0 Å². The number of carbonyl (C=O) groups is 1. The highest BCUT2D eigenvalue weighted by Gasteiger charge is 2.14. The molecule has 0 aliphatic heterocycles. The van der Waals surface area contributed by atoms with E-state index in [1.165, 1.54) is 11.8 Å². The molecule has 3 aromatic rings. The van der Waals surface area contributed by atoms with E-state index in [0.29, 0.717) is 18.3 Å². The predicted molar refractivity (Wildman–Crippen MR) is 126 cm³/mol. The third-order valence-electron chi connectivity index (χ3n) is 4.83. The zero-order valence-corrected chi connectivity index (χ0v) is 19.1. The number of para-hydroxylation sites is 1. The Morgan fingerprint density at radius 1 is 1.03 bits per heavy atom. The quantitative estimate of drug-likeness (QED) is 0.445. The first-order valence-electron chi connectivity index (χ1n) is 10.5. The molecule has 1 heterocycles. The van der Waals surface area contributed by atoms with Crippen LogP contribution in [0.25, 0.3) is 0 Å². The maximum atomic E-state index is 12.4. The lowest BCUT2D eigenvalue weighted by molar-refractivity contribution is -0.113. The summed E-state index contributed by atoms with van der Waals surface area (Å²) in [6.07, 6.45) is 0. The van der Waals surface area contributed by atoms with Gasteiger partial charge in [0.25, 0.3) is 0 Å². The number of benzene rings is 2. The Kier molecular flexibility index (Phi) is 8.35. The summed E-state index contributed by atoms with van der Waals surface area (Å²) in [5.41, 5.74) is 1.94. The smallest absolute Gasteiger partial charge is 0.234 e. The molecule has 164 valence electrons. The highest BCUT2D eigenvalue weighted by Crippen LogP contribution is 2.21. The van der Waals surface area contributed by atoms with Gasteiger partial charge in [-0.1, -0.05) is 30.0 Å². The fraction of sp³-hybridized carbons (Fsp3) is 0.348. The molecule has 1 aromatic heterocycles. The van der Waals surface area contributed by atoms with Gasteiger partial charge in [0.2, 0.25) is 5.91 Å². The number of amides is 1. The minimum atomic E-state index is -0.0756. The van der Waals surface area contributed by atoms with Gasteiger partial charge in [0.1, 0.15) is 12.4 Å². The minimum Gasteiger partial charge on any atom is -0.486 e. The van der Waals surface area contributed by atoms with Crippen LogP contribution in [0.1, 0.15) is 26.6 Å². The van der Waals surface area contributed by atoms with E-state index < -0.39 is 0 Å². The number of hydrogen-bond donors (Lipinski definition) is 1. The molecule has 2 aromatic carbocycles. The van der Waals surface area contributed by atoms with E-state index in [2.05, 4.69) is 34.3 Å². The number of ether oxygens (including phenoxy) is 1. The van der Waals surface area contributed by atoms with E-state index in [9.17, 15) is 4.79 Å². The molecule has 3 rings (SSSR count). The summed E-state index contributed by atoms with van der Waals surface area (Å²) in [6.45, 7) is 9.23. The van der Waals surface area contributed by atoms with Gasteiger partial charge in [0.15, 0.2) is 11.0 Å². The van der Waals surface area contributed by atoms with Crippen molar-refractivity contribution in [2.45, 2.75) is 39.1 Å². The lowest BCUT2D eigenvalue weighted by Crippen LogP contribution is -2.21. The number of nitrogens with one attached hydrogen (secondary N) is 1. The number of rotatable bonds is 11. The monoisotopic (exact) mass is 439 g/mol. The van der Waals surface area contributed by atoms with Crippen LogP contribution < -0.4 is 15.0 Å². The molecule has 0 saturated heterocycles. The molecule has 8 heteroatoms. The van der Waals surface area contributed by atoms with Crippen molar-refractivity contribution in [1.82, 2.24) is 14.8 Å². The third kappa shape index (κ3) is 6.24. The summed E-state index contributed by atoms with van der Waals surface area (Å²) in [7, 11) is 0. The maximum Gasteiger partial charge on any atom is 0.234 e. The zero-order valence-electron chi connectivity index (χ0n) is 18.2. The first kappa shape index (κ1) is 22.7. The van der Waals surface area contributed by atoms with Gasteiger partial charge in [-0.25, -0.2) is 0 Å². The molecule has 0 radical (unpaired) electrons. The SMILES string of the molecule is CCN(CC)c1ccc(NC(=O)CSc2nnc(COc3ccccc3)n2CC)cc1. The molecule has 1 amide bonds. The number of thioether (sulfide) groups is 1. The van der Waals surface area contributed by atoms with E-state index in [4.69, 9.17) is 4.74 Å². The van der Waals surface area contributed by atoms with Gasteiger partial charge in [-0.2, -0.15) is 0 Å². The van der Waals surface area contributed by atoms with Crippen molar-refractivity contribution in [2.24, 2.45) is 0 Å². The van der Waals surface area contributed by atoms with Gasteiger partial charge in [-0.3, -0.25) is 4.79 Å². The molecule has 0 atom stereocenters. The topological polar surface area (TPSA) is 72.3 Å².